The van der Waals surface area contributed by atoms with E-state index in [-0.39, 0.29) is 11.7 Å². The summed E-state index contributed by atoms with van der Waals surface area (Å²) in [7, 11) is 7.97. The van der Waals surface area contributed by atoms with E-state index in [9.17, 15) is 4.79 Å². The number of carbonyl (C=O) groups excluding carboxylic acids is 1. The predicted octanol–water partition coefficient (Wildman–Crippen LogP) is 3.69. The zero-order valence-corrected chi connectivity index (χ0v) is 17.2. The first-order valence-electron chi connectivity index (χ1n) is 9.04. The van der Waals surface area contributed by atoms with Gasteiger partial charge in [0.1, 0.15) is 5.78 Å². The van der Waals surface area contributed by atoms with E-state index in [4.69, 9.17) is 23.7 Å². The van der Waals surface area contributed by atoms with Crippen molar-refractivity contribution in [3.63, 3.8) is 0 Å². The van der Waals surface area contributed by atoms with Crippen molar-refractivity contribution < 1.29 is 28.5 Å². The molecular formula is C22H26O6. The summed E-state index contributed by atoms with van der Waals surface area (Å²) in [5.41, 5.74) is 3.86. The van der Waals surface area contributed by atoms with Crippen LogP contribution in [0.25, 0.3) is 0 Å². The summed E-state index contributed by atoms with van der Waals surface area (Å²) in [6, 6.07) is 5.74. The minimum absolute atomic E-state index is 0.168. The third-order valence-electron chi connectivity index (χ3n) is 5.27. The molecule has 0 amide bonds. The molecule has 0 radical (unpaired) electrons. The number of hydrogen-bond donors (Lipinski definition) is 0. The Hall–Kier alpha value is -2.89. The van der Waals surface area contributed by atoms with Gasteiger partial charge in [-0.15, -0.1) is 0 Å². The van der Waals surface area contributed by atoms with E-state index in [1.807, 2.05) is 25.1 Å². The minimum Gasteiger partial charge on any atom is -0.493 e. The number of benzene rings is 2. The number of aryl methyl sites for hydroxylation is 1. The smallest absolute Gasteiger partial charge is 0.203 e. The molecule has 0 heterocycles. The summed E-state index contributed by atoms with van der Waals surface area (Å²) in [6.07, 6.45) is 0.726. The molecule has 0 aliphatic heterocycles. The van der Waals surface area contributed by atoms with Gasteiger partial charge in [0, 0.05) is 24.3 Å². The predicted molar refractivity (Wildman–Crippen MR) is 106 cm³/mol. The molecule has 0 fully saturated rings. The lowest BCUT2D eigenvalue weighted by atomic mass is 9.76. The van der Waals surface area contributed by atoms with Gasteiger partial charge in [-0.25, -0.2) is 0 Å². The molecule has 6 nitrogen and oxygen atoms in total. The van der Waals surface area contributed by atoms with Crippen LogP contribution in [-0.2, 0) is 11.2 Å². The molecule has 2 aromatic rings. The van der Waals surface area contributed by atoms with Crippen molar-refractivity contribution >= 4 is 5.78 Å². The monoisotopic (exact) mass is 386 g/mol. The third kappa shape index (κ3) is 3.23. The molecule has 1 unspecified atom stereocenters. The summed E-state index contributed by atoms with van der Waals surface area (Å²) in [5.74, 6) is 2.96. The van der Waals surface area contributed by atoms with Crippen LogP contribution in [0.4, 0.5) is 0 Å². The van der Waals surface area contributed by atoms with Crippen LogP contribution >= 0.6 is 0 Å². The standard InChI is InChI=1S/C22H26O6/c1-12-7-17(24-2)18(25-3)11-15(12)16-10-14(23)8-13-9-19(26-4)21(27-5)22(28-6)20(13)16/h7,9,11,16H,8,10H2,1-6H3. The topological polar surface area (TPSA) is 63.2 Å². The number of hydrogen-bond acceptors (Lipinski definition) is 6. The van der Waals surface area contributed by atoms with Crippen LogP contribution in [-0.4, -0.2) is 41.3 Å². The lowest BCUT2D eigenvalue weighted by Crippen LogP contribution is -2.21. The molecule has 2 aromatic carbocycles. The highest BCUT2D eigenvalue weighted by molar-refractivity contribution is 5.86. The van der Waals surface area contributed by atoms with Crippen molar-refractivity contribution in [3.8, 4) is 28.7 Å². The number of fused-ring (bicyclic) bond motifs is 1. The Morgan fingerprint density at radius 3 is 1.96 bits per heavy atom. The molecule has 0 saturated heterocycles. The SMILES string of the molecule is COc1cc(C)c(C2CC(=O)Cc3cc(OC)c(OC)c(OC)c32)cc1OC. The van der Waals surface area contributed by atoms with Gasteiger partial charge in [-0.05, 0) is 41.8 Å². The Morgan fingerprint density at radius 1 is 0.786 bits per heavy atom. The maximum absolute atomic E-state index is 12.6. The zero-order valence-electron chi connectivity index (χ0n) is 17.2. The van der Waals surface area contributed by atoms with Crippen molar-refractivity contribution in [3.05, 3.63) is 40.5 Å². The zero-order chi connectivity index (χ0) is 20.4. The second kappa shape index (κ2) is 8.00. The van der Waals surface area contributed by atoms with Gasteiger partial charge in [0.05, 0.1) is 35.5 Å². The fourth-order valence-electron chi connectivity index (χ4n) is 4.01. The van der Waals surface area contributed by atoms with Gasteiger partial charge in [0.25, 0.3) is 0 Å². The maximum Gasteiger partial charge on any atom is 0.203 e. The first kappa shape index (κ1) is 19.9. The normalized spacial score (nSPS) is 15.6. The fourth-order valence-corrected chi connectivity index (χ4v) is 4.01. The summed E-state index contributed by atoms with van der Waals surface area (Å²) in [4.78, 5) is 12.6. The van der Waals surface area contributed by atoms with E-state index in [2.05, 4.69) is 0 Å². The summed E-state index contributed by atoms with van der Waals surface area (Å²) >= 11 is 0. The number of rotatable bonds is 6. The molecule has 6 heteroatoms. The second-order valence-corrected chi connectivity index (χ2v) is 6.75. The minimum atomic E-state index is -0.175. The molecule has 0 spiro atoms. The molecule has 0 N–H and O–H groups in total. The van der Waals surface area contributed by atoms with E-state index < -0.39 is 0 Å². The Labute approximate surface area is 165 Å². The Balaban J connectivity index is 2.28. The molecule has 0 bridgehead atoms. The molecule has 3 rings (SSSR count). The van der Waals surface area contributed by atoms with Gasteiger partial charge in [-0.2, -0.15) is 0 Å². The van der Waals surface area contributed by atoms with Gasteiger partial charge in [0.2, 0.25) is 5.75 Å². The largest absolute Gasteiger partial charge is 0.493 e. The van der Waals surface area contributed by atoms with Crippen molar-refractivity contribution in [1.82, 2.24) is 0 Å². The summed E-state index contributed by atoms with van der Waals surface area (Å²) in [5, 5.41) is 0. The van der Waals surface area contributed by atoms with Crippen molar-refractivity contribution in [2.45, 2.75) is 25.7 Å². The highest BCUT2D eigenvalue weighted by Crippen LogP contribution is 2.50. The molecular weight excluding hydrogens is 360 g/mol. The second-order valence-electron chi connectivity index (χ2n) is 6.75. The van der Waals surface area contributed by atoms with Crippen molar-refractivity contribution in [2.75, 3.05) is 35.5 Å². The summed E-state index contributed by atoms with van der Waals surface area (Å²) < 4.78 is 27.7. The number of ketones is 1. The first-order chi connectivity index (χ1) is 13.5. The van der Waals surface area contributed by atoms with Crippen LogP contribution in [0.5, 0.6) is 28.7 Å². The van der Waals surface area contributed by atoms with Gasteiger partial charge in [-0.1, -0.05) is 0 Å². The number of methoxy groups -OCH3 is 5. The lowest BCUT2D eigenvalue weighted by molar-refractivity contribution is -0.119. The van der Waals surface area contributed by atoms with Crippen LogP contribution in [0.3, 0.4) is 0 Å². The van der Waals surface area contributed by atoms with Gasteiger partial charge < -0.3 is 23.7 Å². The van der Waals surface area contributed by atoms with Crippen molar-refractivity contribution in [1.29, 1.82) is 0 Å². The van der Waals surface area contributed by atoms with E-state index in [0.29, 0.717) is 41.6 Å². The van der Waals surface area contributed by atoms with E-state index in [1.165, 1.54) is 0 Å². The summed E-state index contributed by atoms with van der Waals surface area (Å²) in [6.45, 7) is 2.00. The molecule has 0 saturated carbocycles. The lowest BCUT2D eigenvalue weighted by Gasteiger charge is -2.30. The third-order valence-corrected chi connectivity index (χ3v) is 5.27. The molecule has 150 valence electrons. The highest BCUT2D eigenvalue weighted by atomic mass is 16.5. The van der Waals surface area contributed by atoms with E-state index >= 15 is 0 Å². The highest BCUT2D eigenvalue weighted by Gasteiger charge is 2.34. The Kier molecular flexibility index (Phi) is 5.68. The van der Waals surface area contributed by atoms with Crippen LogP contribution in [0.15, 0.2) is 18.2 Å². The van der Waals surface area contributed by atoms with Crippen LogP contribution < -0.4 is 23.7 Å². The average Bonchev–Trinajstić information content (AvgIpc) is 2.71. The van der Waals surface area contributed by atoms with E-state index in [1.54, 1.807) is 35.5 Å². The Bertz CT molecular complexity index is 903. The fraction of sp³-hybridized carbons (Fsp3) is 0.409. The maximum atomic E-state index is 12.6. The number of carbonyl (C=O) groups is 1. The molecule has 1 atom stereocenters. The molecule has 1 aliphatic carbocycles. The van der Waals surface area contributed by atoms with Crippen LogP contribution in [0.1, 0.15) is 34.6 Å². The Morgan fingerprint density at radius 2 is 1.39 bits per heavy atom. The molecule has 0 aromatic heterocycles. The van der Waals surface area contributed by atoms with Gasteiger partial charge in [-0.3, -0.25) is 4.79 Å². The van der Waals surface area contributed by atoms with Gasteiger partial charge in [0.15, 0.2) is 23.0 Å². The quantitative estimate of drug-likeness (QED) is 0.755. The molecule has 28 heavy (non-hydrogen) atoms. The van der Waals surface area contributed by atoms with Gasteiger partial charge >= 0.3 is 0 Å². The van der Waals surface area contributed by atoms with Crippen molar-refractivity contribution in [2.24, 2.45) is 0 Å². The average molecular weight is 386 g/mol. The van der Waals surface area contributed by atoms with Crippen LogP contribution in [0.2, 0.25) is 0 Å². The molecule has 1 aliphatic rings. The number of ether oxygens (including phenoxy) is 5. The van der Waals surface area contributed by atoms with E-state index in [0.717, 1.165) is 22.3 Å². The van der Waals surface area contributed by atoms with Crippen LogP contribution in [0, 0.1) is 6.92 Å². The first-order valence-corrected chi connectivity index (χ1v) is 9.04. The number of Topliss-reactive ketones (excluding diaryl/α,β-unsaturated/α-hetero) is 1.